The van der Waals surface area contributed by atoms with Crippen LogP contribution in [0.5, 0.6) is 0 Å². The first-order chi connectivity index (χ1) is 13.6. The second kappa shape index (κ2) is 7.96. The quantitative estimate of drug-likeness (QED) is 0.797. The van der Waals surface area contributed by atoms with Crippen molar-refractivity contribution in [2.75, 3.05) is 0 Å². The lowest BCUT2D eigenvalue weighted by Gasteiger charge is -2.13. The van der Waals surface area contributed by atoms with Crippen molar-refractivity contribution in [3.05, 3.63) is 52.7 Å². The van der Waals surface area contributed by atoms with Crippen molar-refractivity contribution in [3.8, 4) is 0 Å². The summed E-state index contributed by atoms with van der Waals surface area (Å²) in [6.07, 6.45) is 8.28. The first-order valence-electron chi connectivity index (χ1n) is 9.85. The smallest absolute Gasteiger partial charge is 0.289 e. The van der Waals surface area contributed by atoms with E-state index in [0.29, 0.717) is 11.5 Å². The van der Waals surface area contributed by atoms with Gasteiger partial charge in [0.25, 0.3) is 11.8 Å². The Morgan fingerprint density at radius 2 is 1.96 bits per heavy atom. The van der Waals surface area contributed by atoms with Crippen molar-refractivity contribution in [2.24, 2.45) is 5.10 Å². The summed E-state index contributed by atoms with van der Waals surface area (Å²) < 4.78 is 5.91. The summed E-state index contributed by atoms with van der Waals surface area (Å²) in [5, 5.41) is 7.40. The zero-order valence-electron chi connectivity index (χ0n) is 16.0. The third kappa shape index (κ3) is 3.69. The Hall–Kier alpha value is -2.96. The van der Waals surface area contributed by atoms with Gasteiger partial charge in [-0.15, -0.1) is 0 Å². The maximum absolute atomic E-state index is 12.7. The molecule has 0 spiro atoms. The molecule has 1 saturated carbocycles. The van der Waals surface area contributed by atoms with Gasteiger partial charge in [-0.25, -0.2) is 5.43 Å². The fourth-order valence-corrected chi connectivity index (χ4v) is 3.99. The largest absolute Gasteiger partial charge is 0.455 e. The molecule has 2 N–H and O–H groups in total. The Kier molecular flexibility index (Phi) is 5.23. The lowest BCUT2D eigenvalue weighted by atomic mass is 9.93. The molecule has 0 atom stereocenters. The number of aromatic nitrogens is 1. The summed E-state index contributed by atoms with van der Waals surface area (Å²) in [4.78, 5) is 28.9. The predicted octanol–water partition coefficient (Wildman–Crippen LogP) is 3.13. The first kappa shape index (κ1) is 18.4. The van der Waals surface area contributed by atoms with Crippen LogP contribution in [-0.2, 0) is 6.42 Å². The molecule has 146 valence electrons. The Labute approximate surface area is 163 Å². The maximum Gasteiger partial charge on any atom is 0.289 e. The van der Waals surface area contributed by atoms with Crippen LogP contribution in [0.15, 0.2) is 33.9 Å². The van der Waals surface area contributed by atoms with Crippen molar-refractivity contribution < 1.29 is 14.0 Å². The number of hydrazone groups is 1. The van der Waals surface area contributed by atoms with Crippen LogP contribution in [0.4, 0.5) is 0 Å². The number of fused-ring (bicyclic) bond motifs is 1. The van der Waals surface area contributed by atoms with Crippen molar-refractivity contribution in [3.63, 3.8) is 0 Å². The number of aryl methyl sites for hydroxylation is 1. The van der Waals surface area contributed by atoms with E-state index in [-0.39, 0.29) is 17.9 Å². The highest BCUT2D eigenvalue weighted by Gasteiger charge is 2.29. The summed E-state index contributed by atoms with van der Waals surface area (Å²) in [6.45, 7) is 1.88. The van der Waals surface area contributed by atoms with E-state index >= 15 is 0 Å². The lowest BCUT2D eigenvalue weighted by Crippen LogP contribution is -2.32. The minimum absolute atomic E-state index is 0.157. The van der Waals surface area contributed by atoms with Gasteiger partial charge in [0.05, 0.1) is 5.71 Å². The van der Waals surface area contributed by atoms with Gasteiger partial charge in [-0.2, -0.15) is 5.10 Å². The molecule has 7 nitrogen and oxygen atoms in total. The van der Waals surface area contributed by atoms with E-state index in [9.17, 15) is 9.59 Å². The first-order valence-corrected chi connectivity index (χ1v) is 9.85. The van der Waals surface area contributed by atoms with Crippen LogP contribution in [0.2, 0.25) is 0 Å². The molecule has 2 aromatic rings. The minimum atomic E-state index is -0.361. The second-order valence-electron chi connectivity index (χ2n) is 7.38. The number of pyridine rings is 1. The molecule has 4 rings (SSSR count). The molecular formula is C21H24N4O3. The van der Waals surface area contributed by atoms with Gasteiger partial charge < -0.3 is 9.73 Å². The van der Waals surface area contributed by atoms with E-state index in [1.54, 1.807) is 24.4 Å². The van der Waals surface area contributed by atoms with E-state index in [1.165, 1.54) is 0 Å². The van der Waals surface area contributed by atoms with E-state index in [1.807, 2.05) is 6.92 Å². The van der Waals surface area contributed by atoms with Crippen molar-refractivity contribution in [1.29, 1.82) is 0 Å². The number of furan rings is 1. The SMILES string of the molecule is Cc1c(C(=O)NC2CCCC2)oc2c1/C(=N/NC(=O)c1ccccn1)CCC2. The number of nitrogens with zero attached hydrogens (tertiary/aromatic N) is 2. The highest BCUT2D eigenvalue weighted by molar-refractivity contribution is 6.07. The van der Waals surface area contributed by atoms with Crippen molar-refractivity contribution in [2.45, 2.75) is 57.9 Å². The van der Waals surface area contributed by atoms with E-state index in [0.717, 1.165) is 67.5 Å². The standard InChI is InChI=1S/C21H24N4O3/c1-13-18-15(24-25-20(26)16-9-4-5-12-22-16)10-6-11-17(18)28-19(13)21(27)23-14-7-2-3-8-14/h4-5,9,12,14H,2-3,6-8,10-11H2,1H3,(H,23,27)(H,25,26)/b24-15+. The zero-order chi connectivity index (χ0) is 19.5. The van der Waals surface area contributed by atoms with Crippen LogP contribution in [-0.4, -0.2) is 28.6 Å². The number of carbonyl (C=O) groups excluding carboxylic acids is 2. The summed E-state index contributed by atoms with van der Waals surface area (Å²) >= 11 is 0. The zero-order valence-corrected chi connectivity index (χ0v) is 16.0. The maximum atomic E-state index is 12.7. The highest BCUT2D eigenvalue weighted by Crippen LogP contribution is 2.30. The number of nitrogens with one attached hydrogen (secondary N) is 2. The molecule has 0 radical (unpaired) electrons. The molecule has 2 aliphatic rings. The van der Waals surface area contributed by atoms with Gasteiger partial charge in [0.15, 0.2) is 5.76 Å². The van der Waals surface area contributed by atoms with Crippen LogP contribution in [0.3, 0.4) is 0 Å². The number of rotatable bonds is 4. The summed E-state index contributed by atoms with van der Waals surface area (Å²) in [5.41, 5.74) is 5.27. The molecular weight excluding hydrogens is 356 g/mol. The van der Waals surface area contributed by atoms with Crippen molar-refractivity contribution in [1.82, 2.24) is 15.7 Å². The van der Waals surface area contributed by atoms with E-state index in [2.05, 4.69) is 20.8 Å². The number of hydrogen-bond donors (Lipinski definition) is 2. The molecule has 28 heavy (non-hydrogen) atoms. The van der Waals surface area contributed by atoms with Crippen molar-refractivity contribution >= 4 is 17.5 Å². The van der Waals surface area contributed by atoms with E-state index in [4.69, 9.17) is 4.42 Å². The summed E-state index contributed by atoms with van der Waals surface area (Å²) in [6, 6.07) is 5.38. The van der Waals surface area contributed by atoms with Crippen LogP contribution in [0.1, 0.15) is 76.5 Å². The van der Waals surface area contributed by atoms with Crippen LogP contribution >= 0.6 is 0 Å². The van der Waals surface area contributed by atoms with Gasteiger partial charge in [0, 0.05) is 29.8 Å². The van der Waals surface area contributed by atoms with Crippen LogP contribution in [0.25, 0.3) is 0 Å². The molecule has 0 aliphatic heterocycles. The van der Waals surface area contributed by atoms with Crippen LogP contribution in [0, 0.1) is 6.92 Å². The topological polar surface area (TPSA) is 96.6 Å². The number of amides is 2. The van der Waals surface area contributed by atoms with E-state index < -0.39 is 0 Å². The molecule has 0 aromatic carbocycles. The van der Waals surface area contributed by atoms with Gasteiger partial charge in [-0.05, 0) is 44.7 Å². The molecule has 1 fully saturated rings. The Morgan fingerprint density at radius 1 is 1.14 bits per heavy atom. The molecule has 2 amide bonds. The average molecular weight is 380 g/mol. The Bertz CT molecular complexity index is 911. The monoisotopic (exact) mass is 380 g/mol. The fourth-order valence-electron chi connectivity index (χ4n) is 3.99. The average Bonchev–Trinajstić information content (AvgIpc) is 3.35. The number of hydrogen-bond acceptors (Lipinski definition) is 5. The summed E-state index contributed by atoms with van der Waals surface area (Å²) in [5.74, 6) is 0.616. The Morgan fingerprint density at radius 3 is 2.71 bits per heavy atom. The molecule has 7 heteroatoms. The molecule has 2 aromatic heterocycles. The van der Waals surface area contributed by atoms with Gasteiger partial charge in [-0.3, -0.25) is 14.6 Å². The lowest BCUT2D eigenvalue weighted by molar-refractivity contribution is 0.0906. The van der Waals surface area contributed by atoms with Gasteiger partial charge in [0.2, 0.25) is 0 Å². The third-order valence-electron chi connectivity index (χ3n) is 5.41. The third-order valence-corrected chi connectivity index (χ3v) is 5.41. The fraction of sp³-hybridized carbons (Fsp3) is 0.429. The van der Waals surface area contributed by atoms with Gasteiger partial charge >= 0.3 is 0 Å². The predicted molar refractivity (Wildman–Crippen MR) is 104 cm³/mol. The number of carbonyl (C=O) groups is 2. The second-order valence-corrected chi connectivity index (χ2v) is 7.38. The minimum Gasteiger partial charge on any atom is -0.455 e. The normalized spacial score (nSPS) is 18.1. The van der Waals surface area contributed by atoms with Gasteiger partial charge in [-0.1, -0.05) is 18.9 Å². The summed E-state index contributed by atoms with van der Waals surface area (Å²) in [7, 11) is 0. The molecule has 2 aliphatic carbocycles. The molecule has 0 saturated heterocycles. The Balaban J connectivity index is 1.54. The molecule has 0 bridgehead atoms. The van der Waals surface area contributed by atoms with Gasteiger partial charge in [0.1, 0.15) is 11.5 Å². The van der Waals surface area contributed by atoms with Crippen LogP contribution < -0.4 is 10.7 Å². The molecule has 2 heterocycles. The highest BCUT2D eigenvalue weighted by atomic mass is 16.4. The molecule has 0 unspecified atom stereocenters.